The molecule has 7 heteroatoms. The summed E-state index contributed by atoms with van der Waals surface area (Å²) in [4.78, 5) is 28.2. The molecule has 0 radical (unpaired) electrons. The summed E-state index contributed by atoms with van der Waals surface area (Å²) in [5, 5.41) is 6.58. The minimum Gasteiger partial charge on any atom is -0.355 e. The Kier molecular flexibility index (Phi) is 10.7. The average Bonchev–Trinajstić information content (AvgIpc) is 3.09. The Hall–Kier alpha value is -2.75. The van der Waals surface area contributed by atoms with E-state index < -0.39 is 0 Å². The van der Waals surface area contributed by atoms with Crippen molar-refractivity contribution < 1.29 is 9.59 Å². The van der Waals surface area contributed by atoms with E-state index in [0.29, 0.717) is 45.4 Å². The van der Waals surface area contributed by atoms with Crippen molar-refractivity contribution in [1.29, 1.82) is 0 Å². The van der Waals surface area contributed by atoms with E-state index in [2.05, 4.69) is 81.8 Å². The highest BCUT2D eigenvalue weighted by molar-refractivity contribution is 14.1. The van der Waals surface area contributed by atoms with Crippen LogP contribution in [0.2, 0.25) is 0 Å². The van der Waals surface area contributed by atoms with Crippen molar-refractivity contribution in [1.82, 2.24) is 15.5 Å². The molecule has 6 nitrogen and oxygen atoms in total. The third-order valence-corrected chi connectivity index (χ3v) is 7.88. The van der Waals surface area contributed by atoms with Crippen LogP contribution in [0.5, 0.6) is 0 Å². The maximum absolute atomic E-state index is 13.6. The van der Waals surface area contributed by atoms with E-state index in [1.807, 2.05) is 41.3 Å². The average molecular weight is 625 g/mol. The molecule has 4 rings (SSSR count). The fourth-order valence-electron chi connectivity index (χ4n) is 5.03. The van der Waals surface area contributed by atoms with Crippen molar-refractivity contribution in [2.45, 2.75) is 43.7 Å². The number of nitrogens with one attached hydrogen (secondary N) is 2. The van der Waals surface area contributed by atoms with Gasteiger partial charge in [-0.25, -0.2) is 0 Å². The van der Waals surface area contributed by atoms with Crippen LogP contribution in [0.1, 0.15) is 41.9 Å². The van der Waals surface area contributed by atoms with Crippen LogP contribution in [0.15, 0.2) is 84.9 Å². The number of benzene rings is 3. The lowest BCUT2D eigenvalue weighted by Gasteiger charge is -2.29. The van der Waals surface area contributed by atoms with Crippen LogP contribution in [-0.2, 0) is 16.0 Å². The van der Waals surface area contributed by atoms with E-state index in [9.17, 15) is 9.59 Å². The molecule has 1 saturated heterocycles. The van der Waals surface area contributed by atoms with Crippen LogP contribution in [0, 0.1) is 3.57 Å². The molecule has 0 aromatic heterocycles. The maximum Gasteiger partial charge on any atom is 0.239 e. The Morgan fingerprint density at radius 3 is 2.24 bits per heavy atom. The van der Waals surface area contributed by atoms with Gasteiger partial charge in [-0.2, -0.15) is 0 Å². The monoisotopic (exact) mass is 624 g/mol. The van der Waals surface area contributed by atoms with Gasteiger partial charge < -0.3 is 21.3 Å². The topological polar surface area (TPSA) is 87.5 Å². The first-order valence-corrected chi connectivity index (χ1v) is 14.5. The lowest BCUT2D eigenvalue weighted by molar-refractivity contribution is -0.133. The van der Waals surface area contributed by atoms with Gasteiger partial charge in [0.25, 0.3) is 0 Å². The SMILES string of the molecule is NCC[C@@H]1N[C@H](CNC(=O)CCc2ccc(I)cc2)CCN(CC(c2ccccc2)c2ccccc2)C1=O. The maximum atomic E-state index is 13.6. The molecule has 0 aliphatic carbocycles. The van der Waals surface area contributed by atoms with E-state index in [4.69, 9.17) is 5.73 Å². The molecular formula is C31H37IN4O2. The largest absolute Gasteiger partial charge is 0.355 e. The predicted octanol–water partition coefficient (Wildman–Crippen LogP) is 4.08. The summed E-state index contributed by atoms with van der Waals surface area (Å²) in [5.74, 6) is 0.193. The molecule has 1 heterocycles. The van der Waals surface area contributed by atoms with E-state index >= 15 is 0 Å². The summed E-state index contributed by atoms with van der Waals surface area (Å²) in [7, 11) is 0. The summed E-state index contributed by atoms with van der Waals surface area (Å²) in [5.41, 5.74) is 9.43. The third kappa shape index (κ3) is 8.12. The van der Waals surface area contributed by atoms with Gasteiger partial charge >= 0.3 is 0 Å². The molecule has 2 amide bonds. The molecule has 2 atom stereocenters. The zero-order valence-electron chi connectivity index (χ0n) is 21.7. The van der Waals surface area contributed by atoms with E-state index in [-0.39, 0.29) is 29.8 Å². The molecule has 0 bridgehead atoms. The number of carbonyl (C=O) groups excluding carboxylic acids is 2. The number of nitrogens with zero attached hydrogens (tertiary/aromatic N) is 1. The Bertz CT molecular complexity index is 1120. The second kappa shape index (κ2) is 14.4. The van der Waals surface area contributed by atoms with Crippen molar-refractivity contribution >= 4 is 34.4 Å². The van der Waals surface area contributed by atoms with Gasteiger partial charge in [0.05, 0.1) is 6.04 Å². The quantitative estimate of drug-likeness (QED) is 0.281. The molecule has 0 spiro atoms. The Morgan fingerprint density at radius 1 is 1.00 bits per heavy atom. The smallest absolute Gasteiger partial charge is 0.239 e. The van der Waals surface area contributed by atoms with E-state index in [0.717, 1.165) is 12.0 Å². The molecule has 200 valence electrons. The number of halogens is 1. The number of carbonyl (C=O) groups is 2. The number of amides is 2. The van der Waals surface area contributed by atoms with Crippen molar-refractivity contribution in [3.05, 3.63) is 105 Å². The van der Waals surface area contributed by atoms with Crippen molar-refractivity contribution in [3.63, 3.8) is 0 Å². The molecule has 0 unspecified atom stereocenters. The van der Waals surface area contributed by atoms with Crippen LogP contribution in [0.3, 0.4) is 0 Å². The van der Waals surface area contributed by atoms with E-state index in [1.165, 1.54) is 14.7 Å². The molecule has 1 aliphatic heterocycles. The molecule has 3 aromatic rings. The number of hydrogen-bond acceptors (Lipinski definition) is 4. The Balaban J connectivity index is 1.39. The van der Waals surface area contributed by atoms with Gasteiger partial charge in [0.1, 0.15) is 0 Å². The molecule has 3 aromatic carbocycles. The zero-order chi connectivity index (χ0) is 26.7. The summed E-state index contributed by atoms with van der Waals surface area (Å²) in [6.07, 6.45) is 2.48. The predicted molar refractivity (Wildman–Crippen MR) is 161 cm³/mol. The van der Waals surface area contributed by atoms with Gasteiger partial charge in [0.2, 0.25) is 11.8 Å². The minimum atomic E-state index is -0.358. The molecule has 1 fully saturated rings. The molecule has 38 heavy (non-hydrogen) atoms. The van der Waals surface area contributed by atoms with Gasteiger partial charge in [-0.05, 0) is 77.2 Å². The first-order valence-electron chi connectivity index (χ1n) is 13.4. The molecule has 4 N–H and O–H groups in total. The fraction of sp³-hybridized carbons (Fsp3) is 0.355. The van der Waals surface area contributed by atoms with Crippen LogP contribution in [0.25, 0.3) is 0 Å². The summed E-state index contributed by atoms with van der Waals surface area (Å²) in [6, 6.07) is 28.6. The molecule has 1 aliphatic rings. The highest BCUT2D eigenvalue weighted by Crippen LogP contribution is 2.27. The second-order valence-corrected chi connectivity index (χ2v) is 11.1. The summed E-state index contributed by atoms with van der Waals surface area (Å²) < 4.78 is 1.18. The standard InChI is InChI=1S/C31H37IN4O2/c32-26-14-11-23(12-15-26)13-16-30(37)34-21-27-18-20-36(31(38)29(35-27)17-19-33)22-28(24-7-3-1-4-8-24)25-9-5-2-6-10-25/h1-12,14-15,27-29,35H,13,16-22,33H2,(H,34,37)/t27-,29-/m0/s1. The first-order chi connectivity index (χ1) is 18.5. The normalized spacial score (nSPS) is 17.9. The number of nitrogens with two attached hydrogens (primary N) is 1. The summed E-state index contributed by atoms with van der Waals surface area (Å²) >= 11 is 2.28. The van der Waals surface area contributed by atoms with Crippen LogP contribution in [-0.4, -0.2) is 55.0 Å². The highest BCUT2D eigenvalue weighted by atomic mass is 127. The van der Waals surface area contributed by atoms with E-state index in [1.54, 1.807) is 0 Å². The van der Waals surface area contributed by atoms with Gasteiger partial charge in [-0.15, -0.1) is 0 Å². The Morgan fingerprint density at radius 2 is 1.63 bits per heavy atom. The molecule has 0 saturated carbocycles. The number of rotatable bonds is 11. The van der Waals surface area contributed by atoms with Crippen molar-refractivity contribution in [3.8, 4) is 0 Å². The van der Waals surface area contributed by atoms with Crippen molar-refractivity contribution in [2.24, 2.45) is 5.73 Å². The van der Waals surface area contributed by atoms with Crippen molar-refractivity contribution in [2.75, 3.05) is 26.2 Å². The van der Waals surface area contributed by atoms with Gasteiger partial charge in [-0.1, -0.05) is 72.8 Å². The van der Waals surface area contributed by atoms with Gasteiger partial charge in [0.15, 0.2) is 0 Å². The lowest BCUT2D eigenvalue weighted by atomic mass is 9.90. The van der Waals surface area contributed by atoms with Crippen LogP contribution in [0.4, 0.5) is 0 Å². The first kappa shape index (κ1) is 28.3. The van der Waals surface area contributed by atoms with Crippen LogP contribution >= 0.6 is 22.6 Å². The third-order valence-electron chi connectivity index (χ3n) is 7.16. The zero-order valence-corrected chi connectivity index (χ0v) is 23.8. The minimum absolute atomic E-state index is 0.00894. The lowest BCUT2D eigenvalue weighted by Crippen LogP contribution is -2.49. The summed E-state index contributed by atoms with van der Waals surface area (Å²) in [6.45, 7) is 2.15. The highest BCUT2D eigenvalue weighted by Gasteiger charge is 2.32. The fourth-order valence-corrected chi connectivity index (χ4v) is 5.39. The number of hydrogen-bond donors (Lipinski definition) is 3. The number of aryl methyl sites for hydroxylation is 1. The second-order valence-electron chi connectivity index (χ2n) is 9.87. The van der Waals surface area contributed by atoms with Crippen LogP contribution < -0.4 is 16.4 Å². The van der Waals surface area contributed by atoms with Gasteiger partial charge in [-0.3, -0.25) is 9.59 Å². The molecular weight excluding hydrogens is 587 g/mol. The Labute approximate surface area is 239 Å². The van der Waals surface area contributed by atoms with Gasteiger partial charge in [0, 0.05) is 41.6 Å².